The number of aryl methyl sites for hydroxylation is 1. The van der Waals surface area contributed by atoms with Crippen molar-refractivity contribution in [1.82, 2.24) is 15.0 Å². The first-order chi connectivity index (χ1) is 14.2. The van der Waals surface area contributed by atoms with E-state index in [9.17, 15) is 9.59 Å². The van der Waals surface area contributed by atoms with Crippen LogP contribution in [0.2, 0.25) is 0 Å². The summed E-state index contributed by atoms with van der Waals surface area (Å²) < 4.78 is 12.5. The Balaban J connectivity index is 1.59. The van der Waals surface area contributed by atoms with Gasteiger partial charge in [-0.2, -0.15) is 0 Å². The normalized spacial score (nSPS) is 11.2. The van der Waals surface area contributed by atoms with Crippen LogP contribution in [0.1, 0.15) is 41.0 Å². The number of ether oxygens (including phenoxy) is 2. The molecule has 1 N–H and O–H groups in total. The summed E-state index contributed by atoms with van der Waals surface area (Å²) in [7, 11) is 0. The second-order valence-corrected chi connectivity index (χ2v) is 7.39. The maximum Gasteiger partial charge on any atom is 0.347 e. The fraction of sp³-hybridized carbons (Fsp3) is 0.273. The van der Waals surface area contributed by atoms with Gasteiger partial charge in [0.2, 0.25) is 0 Å². The monoisotopic (exact) mass is 409 g/mol. The number of rotatable bonds is 8. The molecule has 0 atom stereocenters. The second-order valence-electron chi connectivity index (χ2n) is 7.39. The van der Waals surface area contributed by atoms with E-state index >= 15 is 0 Å². The predicted molar refractivity (Wildman–Crippen MR) is 108 cm³/mol. The number of carboxylic acid groups (broad SMARTS) is 1. The van der Waals surface area contributed by atoms with Crippen molar-refractivity contribution in [1.29, 1.82) is 0 Å². The molecule has 0 amide bonds. The van der Waals surface area contributed by atoms with E-state index in [0.717, 1.165) is 5.56 Å². The number of aromatic nitrogens is 3. The number of carboxylic acids is 1. The molecular formula is C22H23N3O5. The third-order valence-corrected chi connectivity index (χ3v) is 4.48. The lowest BCUT2D eigenvalue weighted by Crippen LogP contribution is -2.37. The van der Waals surface area contributed by atoms with Crippen LogP contribution >= 0.6 is 0 Å². The summed E-state index contributed by atoms with van der Waals surface area (Å²) >= 11 is 0. The molecule has 0 bridgehead atoms. The molecular weight excluding hydrogens is 386 g/mol. The Bertz CT molecular complexity index is 1020. The van der Waals surface area contributed by atoms with Crippen LogP contribution in [-0.2, 0) is 22.7 Å². The molecule has 3 aromatic rings. The molecule has 0 fully saturated rings. The second kappa shape index (κ2) is 8.77. The molecule has 0 saturated heterocycles. The molecule has 156 valence electrons. The summed E-state index contributed by atoms with van der Waals surface area (Å²) in [4.78, 5) is 23.5. The Morgan fingerprint density at radius 1 is 1.07 bits per heavy atom. The molecule has 3 rings (SSSR count). The molecule has 0 aliphatic heterocycles. The maximum atomic E-state index is 12.3. The average Bonchev–Trinajstić information content (AvgIpc) is 3.15. The Morgan fingerprint density at radius 3 is 2.37 bits per heavy atom. The SMILES string of the molecule is Cc1ccc(Cn2nncc2COC(=O)c2ccc(OC(C)(C)C(=O)O)cc2)cc1. The van der Waals surface area contributed by atoms with Crippen LogP contribution in [-0.4, -0.2) is 37.6 Å². The number of carbonyl (C=O) groups is 2. The molecule has 0 aliphatic rings. The fourth-order valence-corrected chi connectivity index (χ4v) is 2.61. The quantitative estimate of drug-likeness (QED) is 0.570. The minimum absolute atomic E-state index is 0.0298. The van der Waals surface area contributed by atoms with Crippen LogP contribution in [0.25, 0.3) is 0 Å². The van der Waals surface area contributed by atoms with Gasteiger partial charge in [-0.1, -0.05) is 35.0 Å². The molecule has 1 heterocycles. The summed E-state index contributed by atoms with van der Waals surface area (Å²) in [5.41, 5.74) is 1.87. The van der Waals surface area contributed by atoms with E-state index in [1.807, 2.05) is 31.2 Å². The van der Waals surface area contributed by atoms with Gasteiger partial charge >= 0.3 is 11.9 Å². The lowest BCUT2D eigenvalue weighted by molar-refractivity contribution is -0.152. The zero-order chi connectivity index (χ0) is 21.7. The highest BCUT2D eigenvalue weighted by molar-refractivity contribution is 5.89. The van der Waals surface area contributed by atoms with Crippen molar-refractivity contribution in [3.63, 3.8) is 0 Å². The van der Waals surface area contributed by atoms with Gasteiger partial charge in [-0.25, -0.2) is 14.3 Å². The van der Waals surface area contributed by atoms with Crippen LogP contribution in [0.3, 0.4) is 0 Å². The third-order valence-electron chi connectivity index (χ3n) is 4.48. The number of benzene rings is 2. The lowest BCUT2D eigenvalue weighted by Gasteiger charge is -2.21. The van der Waals surface area contributed by atoms with Crippen LogP contribution in [0.4, 0.5) is 0 Å². The van der Waals surface area contributed by atoms with Gasteiger partial charge in [0.1, 0.15) is 12.4 Å². The zero-order valence-corrected chi connectivity index (χ0v) is 17.0. The minimum atomic E-state index is -1.37. The summed E-state index contributed by atoms with van der Waals surface area (Å²) in [6.07, 6.45) is 1.56. The molecule has 0 radical (unpaired) electrons. The molecule has 8 nitrogen and oxygen atoms in total. The van der Waals surface area contributed by atoms with Crippen LogP contribution in [0.15, 0.2) is 54.7 Å². The zero-order valence-electron chi connectivity index (χ0n) is 17.0. The van der Waals surface area contributed by atoms with Crippen molar-refractivity contribution in [3.05, 3.63) is 77.1 Å². The van der Waals surface area contributed by atoms with E-state index in [1.54, 1.807) is 10.9 Å². The molecule has 0 aliphatic carbocycles. The largest absolute Gasteiger partial charge is 0.478 e. The average molecular weight is 409 g/mol. The van der Waals surface area contributed by atoms with Crippen molar-refractivity contribution >= 4 is 11.9 Å². The van der Waals surface area contributed by atoms with Crippen LogP contribution in [0, 0.1) is 6.92 Å². The predicted octanol–water partition coefficient (Wildman–Crippen LogP) is 3.23. The highest BCUT2D eigenvalue weighted by Gasteiger charge is 2.29. The topological polar surface area (TPSA) is 104 Å². The number of carbonyl (C=O) groups excluding carboxylic acids is 1. The molecule has 0 spiro atoms. The van der Waals surface area contributed by atoms with Gasteiger partial charge in [-0.3, -0.25) is 0 Å². The van der Waals surface area contributed by atoms with Crippen molar-refractivity contribution in [2.75, 3.05) is 0 Å². The van der Waals surface area contributed by atoms with Crippen molar-refractivity contribution in [3.8, 4) is 5.75 Å². The summed E-state index contributed by atoms with van der Waals surface area (Å²) in [6.45, 7) is 5.48. The minimum Gasteiger partial charge on any atom is -0.478 e. The van der Waals surface area contributed by atoms with E-state index in [4.69, 9.17) is 14.6 Å². The fourth-order valence-electron chi connectivity index (χ4n) is 2.61. The van der Waals surface area contributed by atoms with Gasteiger partial charge in [0, 0.05) is 0 Å². The molecule has 0 saturated carbocycles. The van der Waals surface area contributed by atoms with Crippen molar-refractivity contribution < 1.29 is 24.2 Å². The summed E-state index contributed by atoms with van der Waals surface area (Å²) in [6, 6.07) is 14.2. The lowest BCUT2D eigenvalue weighted by atomic mass is 10.1. The van der Waals surface area contributed by atoms with E-state index in [0.29, 0.717) is 23.6 Å². The van der Waals surface area contributed by atoms with E-state index in [1.165, 1.54) is 43.7 Å². The first-order valence-electron chi connectivity index (χ1n) is 9.37. The smallest absolute Gasteiger partial charge is 0.347 e. The Hall–Kier alpha value is -3.68. The van der Waals surface area contributed by atoms with E-state index in [2.05, 4.69) is 10.3 Å². The Morgan fingerprint density at radius 2 is 1.73 bits per heavy atom. The molecule has 30 heavy (non-hydrogen) atoms. The summed E-state index contributed by atoms with van der Waals surface area (Å²) in [5.74, 6) is -1.25. The first kappa shape index (κ1) is 21.0. The number of esters is 1. The first-order valence-corrected chi connectivity index (χ1v) is 9.37. The van der Waals surface area contributed by atoms with Gasteiger partial charge in [0.05, 0.1) is 24.0 Å². The molecule has 0 unspecified atom stereocenters. The number of aliphatic carboxylic acids is 1. The molecule has 2 aromatic carbocycles. The molecule has 8 heteroatoms. The van der Waals surface area contributed by atoms with Gasteiger partial charge in [-0.15, -0.1) is 5.10 Å². The van der Waals surface area contributed by atoms with Gasteiger partial charge in [0.15, 0.2) is 5.60 Å². The van der Waals surface area contributed by atoms with Crippen molar-refractivity contribution in [2.24, 2.45) is 0 Å². The van der Waals surface area contributed by atoms with E-state index in [-0.39, 0.29) is 6.61 Å². The van der Waals surface area contributed by atoms with Gasteiger partial charge < -0.3 is 14.6 Å². The summed E-state index contributed by atoms with van der Waals surface area (Å²) in [5, 5.41) is 17.1. The third kappa shape index (κ3) is 5.22. The van der Waals surface area contributed by atoms with E-state index < -0.39 is 17.5 Å². The Labute approximate surface area is 174 Å². The van der Waals surface area contributed by atoms with Gasteiger partial charge in [0.25, 0.3) is 0 Å². The highest BCUT2D eigenvalue weighted by Crippen LogP contribution is 2.20. The van der Waals surface area contributed by atoms with Gasteiger partial charge in [-0.05, 0) is 50.6 Å². The number of nitrogens with zero attached hydrogens (tertiary/aromatic N) is 3. The number of hydrogen-bond donors (Lipinski definition) is 1. The van der Waals surface area contributed by atoms with Crippen LogP contribution in [0.5, 0.6) is 5.75 Å². The maximum absolute atomic E-state index is 12.3. The van der Waals surface area contributed by atoms with Crippen molar-refractivity contribution in [2.45, 2.75) is 39.5 Å². The Kier molecular flexibility index (Phi) is 6.15. The standard InChI is InChI=1S/C22H23N3O5/c1-15-4-6-16(7-5-15)13-25-18(12-23-24-25)14-29-20(26)17-8-10-19(11-9-17)30-22(2,3)21(27)28/h4-12H,13-14H2,1-3H3,(H,27,28). The molecule has 1 aromatic heterocycles. The highest BCUT2D eigenvalue weighted by atomic mass is 16.5. The number of hydrogen-bond acceptors (Lipinski definition) is 6. The van der Waals surface area contributed by atoms with Crippen LogP contribution < -0.4 is 4.74 Å².